The van der Waals surface area contributed by atoms with Crippen LogP contribution in [-0.4, -0.2) is 35.5 Å². The van der Waals surface area contributed by atoms with Crippen molar-refractivity contribution in [1.29, 1.82) is 0 Å². The van der Waals surface area contributed by atoms with Crippen molar-refractivity contribution in [2.75, 3.05) is 26.7 Å². The molecule has 0 rings (SSSR count). The molecule has 9 heavy (non-hydrogen) atoms. The van der Waals surface area contributed by atoms with Gasteiger partial charge in [-0.05, 0) is 0 Å². The lowest BCUT2D eigenvalue weighted by atomic mass is 11.8. The molecular weight excluding hydrogens is 156 g/mol. The Morgan fingerprint density at radius 2 is 1.44 bits per heavy atom. The lowest BCUT2D eigenvalue weighted by molar-refractivity contribution is 0.131. The summed E-state index contributed by atoms with van der Waals surface area (Å²) in [5.41, 5.74) is 0. The largest absolute Gasteiger partial charge is 0.510 e. The summed E-state index contributed by atoms with van der Waals surface area (Å²) in [7, 11) is 2.37. The van der Waals surface area contributed by atoms with Crippen LogP contribution in [0.15, 0.2) is 0 Å². The van der Waals surface area contributed by atoms with E-state index in [-0.39, 0.29) is 0 Å². The molecule has 0 saturated heterocycles. The van der Waals surface area contributed by atoms with E-state index in [0.29, 0.717) is 5.38 Å². The van der Waals surface area contributed by atoms with E-state index >= 15 is 0 Å². The molecule has 0 aromatic heterocycles. The van der Waals surface area contributed by atoms with Crippen molar-refractivity contribution in [3.8, 4) is 0 Å². The molecule has 3 nitrogen and oxygen atoms in total. The van der Waals surface area contributed by atoms with Gasteiger partial charge >= 0.3 is 8.80 Å². The van der Waals surface area contributed by atoms with Crippen LogP contribution in [0.2, 0.25) is 0 Å². The third kappa shape index (κ3) is 2.27. The molecule has 0 aromatic carbocycles. The smallest absolute Gasteiger partial charge is 0.376 e. The minimum absolute atomic E-state index is 0.510. The zero-order valence-electron chi connectivity index (χ0n) is 5.88. The van der Waals surface area contributed by atoms with E-state index < -0.39 is 8.80 Å². The Morgan fingerprint density at radius 1 is 1.11 bits per heavy atom. The fourth-order valence-corrected chi connectivity index (χ4v) is 2.49. The molecule has 0 saturated carbocycles. The Labute approximate surface area is 62.1 Å². The van der Waals surface area contributed by atoms with Gasteiger partial charge in [0.1, 0.15) is 0 Å². The maximum Gasteiger partial charge on any atom is 0.510 e. The summed E-state index contributed by atoms with van der Waals surface area (Å²) in [5, 5.41) is 0.510. The molecule has 56 valence electrons. The van der Waals surface area contributed by atoms with Gasteiger partial charge in [-0.15, -0.1) is 0 Å². The summed E-state index contributed by atoms with van der Waals surface area (Å²) in [5.74, 6) is 0. The summed E-state index contributed by atoms with van der Waals surface area (Å²) in [6.07, 6.45) is 0. The van der Waals surface area contributed by atoms with Crippen LogP contribution < -0.4 is 0 Å². The SMILES string of the molecule is CO[Si](CS)(OC)OC. The van der Waals surface area contributed by atoms with Crippen LogP contribution in [0.1, 0.15) is 0 Å². The standard InChI is InChI=1S/C4H12O3SSi/c1-5-9(4-8,6-2)7-3/h8H,4H2,1-3H3. The van der Waals surface area contributed by atoms with Crippen molar-refractivity contribution < 1.29 is 13.3 Å². The number of hydrogen-bond donors (Lipinski definition) is 1. The highest BCUT2D eigenvalue weighted by Crippen LogP contribution is 2.06. The van der Waals surface area contributed by atoms with Crippen LogP contribution in [-0.2, 0) is 13.3 Å². The quantitative estimate of drug-likeness (QED) is 0.484. The third-order valence-electron chi connectivity index (χ3n) is 1.13. The van der Waals surface area contributed by atoms with E-state index in [1.165, 1.54) is 0 Å². The first kappa shape index (κ1) is 9.45. The molecule has 0 unspecified atom stereocenters. The molecule has 5 heteroatoms. The van der Waals surface area contributed by atoms with Crippen LogP contribution in [0.3, 0.4) is 0 Å². The van der Waals surface area contributed by atoms with Gasteiger partial charge in [-0.25, -0.2) is 0 Å². The topological polar surface area (TPSA) is 27.7 Å². The molecule has 0 heterocycles. The zero-order chi connectivity index (χ0) is 7.33. The summed E-state index contributed by atoms with van der Waals surface area (Å²) >= 11 is 4.03. The number of rotatable bonds is 4. The highest BCUT2D eigenvalue weighted by molar-refractivity contribution is 7.82. The van der Waals surface area contributed by atoms with E-state index in [1.807, 2.05) is 0 Å². The number of thiol groups is 1. The maximum absolute atomic E-state index is 5.00. The molecule has 0 N–H and O–H groups in total. The molecule has 0 radical (unpaired) electrons. The average molecular weight is 168 g/mol. The van der Waals surface area contributed by atoms with Gasteiger partial charge in [-0.1, -0.05) is 0 Å². The van der Waals surface area contributed by atoms with Crippen LogP contribution in [0, 0.1) is 0 Å². The van der Waals surface area contributed by atoms with Crippen LogP contribution in [0.4, 0.5) is 0 Å². The number of hydrogen-bond acceptors (Lipinski definition) is 4. The summed E-state index contributed by atoms with van der Waals surface area (Å²) in [4.78, 5) is 0. The Morgan fingerprint density at radius 3 is 1.44 bits per heavy atom. The Bertz CT molecular complexity index is 58.7. The monoisotopic (exact) mass is 168 g/mol. The molecule has 0 spiro atoms. The van der Waals surface area contributed by atoms with Gasteiger partial charge < -0.3 is 13.3 Å². The Hall–Kier alpha value is 0.447. The van der Waals surface area contributed by atoms with Gasteiger partial charge in [0.15, 0.2) is 0 Å². The lowest BCUT2D eigenvalue weighted by Crippen LogP contribution is -2.45. The second kappa shape index (κ2) is 4.29. The fraction of sp³-hybridized carbons (Fsp3) is 1.00. The molecule has 0 aliphatic rings. The molecule has 0 bridgehead atoms. The second-order valence-corrected chi connectivity index (χ2v) is 5.31. The molecule has 0 fully saturated rings. The van der Waals surface area contributed by atoms with Crippen molar-refractivity contribution in [2.45, 2.75) is 0 Å². The Balaban J connectivity index is 3.82. The van der Waals surface area contributed by atoms with Gasteiger partial charge in [0, 0.05) is 21.3 Å². The molecule has 0 aliphatic carbocycles. The predicted molar refractivity (Wildman–Crippen MR) is 40.6 cm³/mol. The van der Waals surface area contributed by atoms with Crippen molar-refractivity contribution in [1.82, 2.24) is 0 Å². The molecular formula is C4H12O3SSi. The first-order valence-electron chi connectivity index (χ1n) is 2.51. The van der Waals surface area contributed by atoms with Crippen LogP contribution in [0.5, 0.6) is 0 Å². The normalized spacial score (nSPS) is 12.0. The van der Waals surface area contributed by atoms with Crippen molar-refractivity contribution in [3.05, 3.63) is 0 Å². The summed E-state index contributed by atoms with van der Waals surface area (Å²) < 4.78 is 15.0. The summed E-state index contributed by atoms with van der Waals surface area (Å²) in [6.45, 7) is 0. The average Bonchev–Trinajstić information content (AvgIpc) is 1.95. The lowest BCUT2D eigenvalue weighted by Gasteiger charge is -2.21. The van der Waals surface area contributed by atoms with Gasteiger partial charge in [0.2, 0.25) is 0 Å². The zero-order valence-corrected chi connectivity index (χ0v) is 7.77. The van der Waals surface area contributed by atoms with Crippen molar-refractivity contribution >= 4 is 21.4 Å². The molecule has 0 amide bonds. The minimum Gasteiger partial charge on any atom is -0.376 e. The van der Waals surface area contributed by atoms with E-state index in [2.05, 4.69) is 12.6 Å². The summed E-state index contributed by atoms with van der Waals surface area (Å²) in [6, 6.07) is 0. The van der Waals surface area contributed by atoms with E-state index in [9.17, 15) is 0 Å². The molecule has 0 aliphatic heterocycles. The molecule has 0 atom stereocenters. The van der Waals surface area contributed by atoms with Crippen LogP contribution in [0.25, 0.3) is 0 Å². The highest BCUT2D eigenvalue weighted by atomic mass is 32.1. The van der Waals surface area contributed by atoms with Gasteiger partial charge in [-0.2, -0.15) is 12.6 Å². The van der Waals surface area contributed by atoms with Crippen molar-refractivity contribution in [3.63, 3.8) is 0 Å². The highest BCUT2D eigenvalue weighted by Gasteiger charge is 2.35. The van der Waals surface area contributed by atoms with Gasteiger partial charge in [0.25, 0.3) is 0 Å². The van der Waals surface area contributed by atoms with Crippen molar-refractivity contribution in [2.24, 2.45) is 0 Å². The van der Waals surface area contributed by atoms with E-state index in [1.54, 1.807) is 21.3 Å². The third-order valence-corrected chi connectivity index (χ3v) is 4.54. The second-order valence-electron chi connectivity index (χ2n) is 1.45. The van der Waals surface area contributed by atoms with Gasteiger partial charge in [0.05, 0.1) is 5.38 Å². The molecule has 0 aromatic rings. The maximum atomic E-state index is 5.00. The minimum atomic E-state index is -2.33. The van der Waals surface area contributed by atoms with Crippen LogP contribution >= 0.6 is 12.6 Å². The first-order chi connectivity index (χ1) is 4.24. The van der Waals surface area contributed by atoms with Gasteiger partial charge in [-0.3, -0.25) is 0 Å². The first-order valence-corrected chi connectivity index (χ1v) is 5.07. The van der Waals surface area contributed by atoms with E-state index in [4.69, 9.17) is 13.3 Å². The fourth-order valence-electron chi connectivity index (χ4n) is 0.444. The predicted octanol–water partition coefficient (Wildman–Crippen LogP) is 0.333. The van der Waals surface area contributed by atoms with E-state index in [0.717, 1.165) is 0 Å². The Kier molecular flexibility index (Phi) is 4.51.